The summed E-state index contributed by atoms with van der Waals surface area (Å²) in [5.74, 6) is -1.50. The lowest BCUT2D eigenvalue weighted by molar-refractivity contribution is 0.0720. The average Bonchev–Trinajstić information content (AvgIpc) is 2.65. The van der Waals surface area contributed by atoms with Crippen LogP contribution in [0.1, 0.15) is 32.0 Å². The molecular weight excluding hydrogens is 389 g/mol. The lowest BCUT2D eigenvalue weighted by Gasteiger charge is -2.30. The molecule has 1 aromatic heterocycles. The van der Waals surface area contributed by atoms with Gasteiger partial charge < -0.3 is 19.5 Å². The van der Waals surface area contributed by atoms with Gasteiger partial charge in [-0.2, -0.15) is 0 Å². The van der Waals surface area contributed by atoms with E-state index in [2.05, 4.69) is 4.98 Å². The number of amides is 2. The maximum Gasteiger partial charge on any atom is 0.291 e. The van der Waals surface area contributed by atoms with Crippen molar-refractivity contribution >= 4 is 23.4 Å². The lowest BCUT2D eigenvalue weighted by Crippen LogP contribution is -2.40. The molecule has 0 radical (unpaired) electrons. The molecule has 0 aliphatic carbocycles. The van der Waals surface area contributed by atoms with Crippen molar-refractivity contribution in [1.29, 1.82) is 0 Å². The summed E-state index contributed by atoms with van der Waals surface area (Å²) in [5.41, 5.74) is 0.621. The van der Waals surface area contributed by atoms with Crippen molar-refractivity contribution in [1.82, 2.24) is 14.8 Å². The topological polar surface area (TPSA) is 82.7 Å². The molecule has 148 valence electrons. The molecule has 0 saturated carbocycles. The van der Waals surface area contributed by atoms with Gasteiger partial charge in [0.05, 0.1) is 17.7 Å². The molecule has 0 atom stereocenters. The summed E-state index contributed by atoms with van der Waals surface area (Å²) in [7, 11) is 4.42. The van der Waals surface area contributed by atoms with Gasteiger partial charge in [0.1, 0.15) is 11.5 Å². The number of aromatic amines is 1. The smallest absolute Gasteiger partial charge is 0.291 e. The summed E-state index contributed by atoms with van der Waals surface area (Å²) in [6, 6.07) is 4.23. The van der Waals surface area contributed by atoms with Crippen LogP contribution < -0.4 is 10.3 Å². The molecule has 1 aliphatic heterocycles. The lowest BCUT2D eigenvalue weighted by atomic mass is 9.95. The molecule has 2 amide bonds. The summed E-state index contributed by atoms with van der Waals surface area (Å²) < 4.78 is 18.5. The van der Waals surface area contributed by atoms with Gasteiger partial charge in [0.15, 0.2) is 5.75 Å². The van der Waals surface area contributed by atoms with Crippen molar-refractivity contribution in [3.05, 3.63) is 61.8 Å². The summed E-state index contributed by atoms with van der Waals surface area (Å²) in [4.78, 5) is 43.3. The van der Waals surface area contributed by atoms with Crippen molar-refractivity contribution < 1.29 is 18.7 Å². The van der Waals surface area contributed by atoms with Crippen LogP contribution in [0.3, 0.4) is 0 Å². The van der Waals surface area contributed by atoms with Crippen LogP contribution in [0.4, 0.5) is 4.39 Å². The molecule has 3 rings (SSSR count). The number of pyridine rings is 1. The number of halogens is 2. The Morgan fingerprint density at radius 1 is 1.36 bits per heavy atom. The Morgan fingerprint density at radius 3 is 2.68 bits per heavy atom. The number of aromatic nitrogens is 1. The second-order valence-electron chi connectivity index (χ2n) is 6.64. The molecule has 28 heavy (non-hydrogen) atoms. The second-order valence-corrected chi connectivity index (χ2v) is 7.05. The van der Waals surface area contributed by atoms with E-state index in [0.717, 1.165) is 0 Å². The Hall–Kier alpha value is -2.87. The van der Waals surface area contributed by atoms with Gasteiger partial charge in [-0.3, -0.25) is 14.4 Å². The summed E-state index contributed by atoms with van der Waals surface area (Å²) >= 11 is 5.82. The van der Waals surface area contributed by atoms with E-state index in [-0.39, 0.29) is 28.6 Å². The number of hydrogen-bond donors (Lipinski definition) is 1. The normalized spacial score (nSPS) is 13.3. The van der Waals surface area contributed by atoms with E-state index in [1.807, 2.05) is 0 Å². The highest BCUT2D eigenvalue weighted by Crippen LogP contribution is 2.29. The van der Waals surface area contributed by atoms with E-state index in [4.69, 9.17) is 16.3 Å². The predicted molar refractivity (Wildman–Crippen MR) is 101 cm³/mol. The van der Waals surface area contributed by atoms with Gasteiger partial charge in [-0.15, -0.1) is 0 Å². The van der Waals surface area contributed by atoms with E-state index in [0.29, 0.717) is 24.1 Å². The third-order valence-electron chi connectivity index (χ3n) is 4.59. The molecule has 0 bridgehead atoms. The van der Waals surface area contributed by atoms with Gasteiger partial charge in [-0.1, -0.05) is 17.7 Å². The number of nitrogens with zero attached hydrogens (tertiary/aromatic N) is 2. The third-order valence-corrected chi connectivity index (χ3v) is 4.88. The molecule has 1 N–H and O–H groups in total. The standard InChI is InChI=1S/C19H19ClFN3O4/c1-23(2)19(27)15-11-6-7-24(9-10-4-5-13(21)12(20)8-10)18(26)14(11)16(28-3)17(25)22-15/h4-5,8H,6-7,9H2,1-3H3,(H,22,25). The number of ether oxygens (including phenoxy) is 1. The molecule has 1 aromatic carbocycles. The molecule has 9 heteroatoms. The monoisotopic (exact) mass is 407 g/mol. The Morgan fingerprint density at radius 2 is 2.07 bits per heavy atom. The van der Waals surface area contributed by atoms with Crippen LogP contribution in [0, 0.1) is 5.82 Å². The highest BCUT2D eigenvalue weighted by molar-refractivity contribution is 6.30. The van der Waals surface area contributed by atoms with E-state index < -0.39 is 23.2 Å². The van der Waals surface area contributed by atoms with Crippen molar-refractivity contribution in [3.8, 4) is 5.75 Å². The Kier molecular flexibility index (Phi) is 5.42. The van der Waals surface area contributed by atoms with Gasteiger partial charge in [0, 0.05) is 27.2 Å². The Labute approximate surface area is 165 Å². The van der Waals surface area contributed by atoms with Gasteiger partial charge in [-0.05, 0) is 29.7 Å². The number of methoxy groups -OCH3 is 1. The predicted octanol–water partition coefficient (Wildman–Crippen LogP) is 2.08. The molecule has 2 heterocycles. The molecule has 0 spiro atoms. The molecular formula is C19H19ClFN3O4. The van der Waals surface area contributed by atoms with Crippen LogP contribution in [0.2, 0.25) is 5.02 Å². The van der Waals surface area contributed by atoms with Crippen LogP contribution in [-0.2, 0) is 13.0 Å². The number of nitrogens with one attached hydrogen (secondary N) is 1. The van der Waals surface area contributed by atoms with Gasteiger partial charge in [0.2, 0.25) is 0 Å². The maximum absolute atomic E-state index is 13.4. The van der Waals surface area contributed by atoms with Crippen LogP contribution in [0.5, 0.6) is 5.75 Å². The third kappa shape index (κ3) is 3.47. The highest BCUT2D eigenvalue weighted by atomic mass is 35.5. The fourth-order valence-corrected chi connectivity index (χ4v) is 3.42. The molecule has 2 aromatic rings. The SMILES string of the molecule is COc1c2c(c(C(=O)N(C)C)[nH]c1=O)CCN(Cc1ccc(F)c(Cl)c1)C2=O. The van der Waals surface area contributed by atoms with E-state index >= 15 is 0 Å². The van der Waals surface area contributed by atoms with E-state index in [9.17, 15) is 18.8 Å². The van der Waals surface area contributed by atoms with Gasteiger partial charge >= 0.3 is 0 Å². The van der Waals surface area contributed by atoms with E-state index in [1.54, 1.807) is 20.2 Å². The number of H-pyrrole nitrogens is 1. The number of carbonyl (C=O) groups excluding carboxylic acids is 2. The minimum Gasteiger partial charge on any atom is -0.491 e. The van der Waals surface area contributed by atoms with Gasteiger partial charge in [-0.25, -0.2) is 4.39 Å². The van der Waals surface area contributed by atoms with Crippen LogP contribution in [0.25, 0.3) is 0 Å². The fraction of sp³-hybridized carbons (Fsp3) is 0.316. The molecule has 0 saturated heterocycles. The first-order chi connectivity index (χ1) is 13.2. The second kappa shape index (κ2) is 7.63. The van der Waals surface area contributed by atoms with Crippen LogP contribution in [-0.4, -0.2) is 54.3 Å². The van der Waals surface area contributed by atoms with Crippen molar-refractivity contribution in [2.45, 2.75) is 13.0 Å². The quantitative estimate of drug-likeness (QED) is 0.841. The first kappa shape index (κ1) is 19.9. The van der Waals surface area contributed by atoms with Crippen molar-refractivity contribution in [2.75, 3.05) is 27.7 Å². The fourth-order valence-electron chi connectivity index (χ4n) is 3.21. The molecule has 7 nitrogen and oxygen atoms in total. The van der Waals surface area contributed by atoms with Crippen molar-refractivity contribution in [3.63, 3.8) is 0 Å². The zero-order chi connectivity index (χ0) is 20.6. The maximum atomic E-state index is 13.4. The first-order valence-electron chi connectivity index (χ1n) is 8.52. The minimum absolute atomic E-state index is 0.0322. The van der Waals surface area contributed by atoms with Crippen LogP contribution >= 0.6 is 11.6 Å². The molecule has 1 aliphatic rings. The molecule has 0 fully saturated rings. The Balaban J connectivity index is 2.04. The number of carbonyl (C=O) groups is 2. The summed E-state index contributed by atoms with van der Waals surface area (Å²) in [5, 5.41) is -0.0322. The largest absolute Gasteiger partial charge is 0.491 e. The van der Waals surface area contributed by atoms with E-state index in [1.165, 1.54) is 29.0 Å². The van der Waals surface area contributed by atoms with Crippen LogP contribution in [0.15, 0.2) is 23.0 Å². The number of hydrogen-bond acceptors (Lipinski definition) is 4. The van der Waals surface area contributed by atoms with Gasteiger partial charge in [0.25, 0.3) is 17.4 Å². The number of rotatable bonds is 4. The minimum atomic E-state index is -0.647. The molecule has 0 unspecified atom stereocenters. The number of fused-ring (bicyclic) bond motifs is 1. The summed E-state index contributed by atoms with van der Waals surface area (Å²) in [6.07, 6.45) is 0.359. The first-order valence-corrected chi connectivity index (χ1v) is 8.90. The zero-order valence-corrected chi connectivity index (χ0v) is 16.4. The highest BCUT2D eigenvalue weighted by Gasteiger charge is 2.33. The summed E-state index contributed by atoms with van der Waals surface area (Å²) in [6.45, 7) is 0.509. The Bertz CT molecular complexity index is 1020. The van der Waals surface area contributed by atoms with Crippen molar-refractivity contribution in [2.24, 2.45) is 0 Å². The average molecular weight is 408 g/mol. The number of benzene rings is 1. The zero-order valence-electron chi connectivity index (χ0n) is 15.6.